The van der Waals surface area contributed by atoms with Crippen molar-refractivity contribution < 1.29 is 4.74 Å². The zero-order valence-corrected chi connectivity index (χ0v) is 20.2. The monoisotopic (exact) mass is 473 g/mol. The molecule has 0 radical (unpaired) electrons. The number of aryl methyl sites for hydroxylation is 1. The summed E-state index contributed by atoms with van der Waals surface area (Å²) in [5, 5.41) is 0. The molecule has 0 saturated carbocycles. The Morgan fingerprint density at radius 2 is 1.66 bits per heavy atom. The summed E-state index contributed by atoms with van der Waals surface area (Å²) in [6.07, 6.45) is 0.731. The summed E-state index contributed by atoms with van der Waals surface area (Å²) in [5.74, 6) is 0.893. The highest BCUT2D eigenvalue weighted by atomic mass is 16.5. The van der Waals surface area contributed by atoms with Gasteiger partial charge >= 0.3 is 5.69 Å². The first kappa shape index (κ1) is 23.0. The fourth-order valence-corrected chi connectivity index (χ4v) is 4.78. The molecule has 5 rings (SSSR count). The number of fused-ring (bicyclic) bond motifs is 1. The summed E-state index contributed by atoms with van der Waals surface area (Å²) in [6.45, 7) is 6.94. The Kier molecular flexibility index (Phi) is 6.46. The Morgan fingerprint density at radius 1 is 0.914 bits per heavy atom. The summed E-state index contributed by atoms with van der Waals surface area (Å²) in [6, 6.07) is 18.0. The predicted molar refractivity (Wildman–Crippen MR) is 140 cm³/mol. The van der Waals surface area contributed by atoms with E-state index in [9.17, 15) is 9.59 Å². The third-order valence-corrected chi connectivity index (χ3v) is 6.78. The number of methoxy groups -OCH3 is 1. The number of hydrogen-bond donors (Lipinski definition) is 2. The lowest BCUT2D eigenvalue weighted by atomic mass is 10.1. The van der Waals surface area contributed by atoms with Crippen molar-refractivity contribution in [2.75, 3.05) is 44.7 Å². The third-order valence-electron chi connectivity index (χ3n) is 6.78. The molecule has 0 bridgehead atoms. The van der Waals surface area contributed by atoms with Gasteiger partial charge in [-0.15, -0.1) is 0 Å². The topological polar surface area (TPSA) is 86.4 Å². The SMILES string of the molecule is COc1ccccc1N1CCN(CCCn2c(=O)[nH]c3cc(-c4ccc(C)cc4)[nH]c3c2=O)CC1. The van der Waals surface area contributed by atoms with E-state index in [4.69, 9.17) is 4.74 Å². The van der Waals surface area contributed by atoms with E-state index in [2.05, 4.69) is 25.8 Å². The second-order valence-electron chi connectivity index (χ2n) is 9.08. The van der Waals surface area contributed by atoms with Crippen LogP contribution in [0.15, 0.2) is 64.2 Å². The maximum atomic E-state index is 13.1. The van der Waals surface area contributed by atoms with Crippen LogP contribution in [0, 0.1) is 6.92 Å². The van der Waals surface area contributed by atoms with Crippen LogP contribution < -0.4 is 20.9 Å². The van der Waals surface area contributed by atoms with E-state index in [-0.39, 0.29) is 11.2 Å². The maximum Gasteiger partial charge on any atom is 0.328 e. The highest BCUT2D eigenvalue weighted by Gasteiger charge is 2.19. The van der Waals surface area contributed by atoms with Crippen molar-refractivity contribution in [3.63, 3.8) is 0 Å². The van der Waals surface area contributed by atoms with Crippen molar-refractivity contribution in [1.82, 2.24) is 19.4 Å². The summed E-state index contributed by atoms with van der Waals surface area (Å²) in [5.41, 5.74) is 4.43. The quantitative estimate of drug-likeness (QED) is 0.431. The van der Waals surface area contributed by atoms with Crippen molar-refractivity contribution >= 4 is 16.7 Å². The first-order valence-corrected chi connectivity index (χ1v) is 12.1. The van der Waals surface area contributed by atoms with Gasteiger partial charge in [-0.2, -0.15) is 0 Å². The van der Waals surface area contributed by atoms with E-state index in [0.717, 1.165) is 61.8 Å². The fraction of sp³-hybridized carbons (Fsp3) is 0.333. The Bertz CT molecular complexity index is 1430. The third kappa shape index (κ3) is 4.74. The van der Waals surface area contributed by atoms with Gasteiger partial charge in [-0.05, 0) is 43.7 Å². The van der Waals surface area contributed by atoms with Crippen LogP contribution in [0.5, 0.6) is 5.75 Å². The molecule has 4 aromatic rings. The molecule has 2 N–H and O–H groups in total. The number of hydrogen-bond acceptors (Lipinski definition) is 5. The molecule has 1 aliphatic rings. The van der Waals surface area contributed by atoms with Crippen molar-refractivity contribution in [2.24, 2.45) is 0 Å². The van der Waals surface area contributed by atoms with Crippen molar-refractivity contribution in [3.8, 4) is 17.0 Å². The number of ether oxygens (including phenoxy) is 1. The average molecular weight is 474 g/mol. The lowest BCUT2D eigenvalue weighted by Gasteiger charge is -2.36. The Labute approximate surface area is 203 Å². The van der Waals surface area contributed by atoms with E-state index in [1.54, 1.807) is 7.11 Å². The van der Waals surface area contributed by atoms with E-state index < -0.39 is 0 Å². The molecule has 0 amide bonds. The Hall–Kier alpha value is -3.78. The number of aromatic amines is 2. The number of rotatable bonds is 7. The van der Waals surface area contributed by atoms with Gasteiger partial charge in [0.1, 0.15) is 11.3 Å². The molecule has 1 saturated heterocycles. The van der Waals surface area contributed by atoms with Crippen LogP contribution in [0.4, 0.5) is 5.69 Å². The van der Waals surface area contributed by atoms with Gasteiger partial charge in [-0.1, -0.05) is 42.0 Å². The molecule has 8 heteroatoms. The van der Waals surface area contributed by atoms with Crippen LogP contribution in [0.1, 0.15) is 12.0 Å². The first-order chi connectivity index (χ1) is 17.0. The minimum absolute atomic E-state index is 0.275. The number of piperazine rings is 1. The van der Waals surface area contributed by atoms with Crippen molar-refractivity contribution in [1.29, 1.82) is 0 Å². The van der Waals surface area contributed by atoms with Crippen LogP contribution in [-0.4, -0.2) is 59.3 Å². The summed E-state index contributed by atoms with van der Waals surface area (Å²) < 4.78 is 6.81. The van der Waals surface area contributed by atoms with Gasteiger partial charge in [0.15, 0.2) is 0 Å². The molecule has 0 unspecified atom stereocenters. The first-order valence-electron chi connectivity index (χ1n) is 12.1. The molecule has 0 spiro atoms. The van der Waals surface area contributed by atoms with Gasteiger partial charge in [-0.25, -0.2) is 4.79 Å². The molecule has 8 nitrogen and oxygen atoms in total. The highest BCUT2D eigenvalue weighted by molar-refractivity contribution is 5.81. The lowest BCUT2D eigenvalue weighted by Crippen LogP contribution is -2.47. The van der Waals surface area contributed by atoms with E-state index in [1.165, 1.54) is 10.1 Å². The fourth-order valence-electron chi connectivity index (χ4n) is 4.78. The standard InChI is InChI=1S/C27H31N5O3/c1-19-8-10-20(11-9-19)21-18-22-25(28-21)26(33)32(27(34)29-22)13-5-12-30-14-16-31(17-15-30)23-6-3-4-7-24(23)35-2/h3-4,6-11,18,28H,5,12-17H2,1-2H3,(H,29,34). The molecular formula is C27H31N5O3. The Balaban J connectivity index is 1.22. The summed E-state index contributed by atoms with van der Waals surface area (Å²) >= 11 is 0. The summed E-state index contributed by atoms with van der Waals surface area (Å²) in [7, 11) is 1.70. The summed E-state index contributed by atoms with van der Waals surface area (Å²) in [4.78, 5) is 36.5. The maximum absolute atomic E-state index is 13.1. The van der Waals surface area contributed by atoms with Crippen molar-refractivity contribution in [3.05, 3.63) is 81.0 Å². The van der Waals surface area contributed by atoms with Gasteiger partial charge in [0.2, 0.25) is 0 Å². The van der Waals surface area contributed by atoms with Gasteiger partial charge in [0.25, 0.3) is 5.56 Å². The van der Waals surface area contributed by atoms with E-state index >= 15 is 0 Å². The Morgan fingerprint density at radius 3 is 2.40 bits per heavy atom. The van der Waals surface area contributed by atoms with Crippen LogP contribution in [0.3, 0.4) is 0 Å². The molecule has 0 aliphatic carbocycles. The van der Waals surface area contributed by atoms with Crippen LogP contribution in [0.25, 0.3) is 22.3 Å². The van der Waals surface area contributed by atoms with Gasteiger partial charge in [0, 0.05) is 38.4 Å². The van der Waals surface area contributed by atoms with Crippen molar-refractivity contribution in [2.45, 2.75) is 19.9 Å². The second kappa shape index (κ2) is 9.84. The molecule has 182 valence electrons. The minimum atomic E-state index is -0.363. The number of benzene rings is 2. The zero-order chi connectivity index (χ0) is 24.4. The normalized spacial score (nSPS) is 14.5. The average Bonchev–Trinajstić information content (AvgIpc) is 3.31. The molecule has 3 heterocycles. The molecule has 0 atom stereocenters. The molecule has 1 aliphatic heterocycles. The smallest absolute Gasteiger partial charge is 0.328 e. The molecule has 35 heavy (non-hydrogen) atoms. The molecular weight excluding hydrogens is 442 g/mol. The molecule has 1 fully saturated rings. The minimum Gasteiger partial charge on any atom is -0.495 e. The molecule has 2 aromatic heterocycles. The number of nitrogens with one attached hydrogen (secondary N) is 2. The zero-order valence-electron chi connectivity index (χ0n) is 20.2. The second-order valence-corrected chi connectivity index (χ2v) is 9.08. The van der Waals surface area contributed by atoms with Gasteiger partial charge in [0.05, 0.1) is 18.3 Å². The number of aromatic nitrogens is 3. The van der Waals surface area contributed by atoms with Crippen LogP contribution >= 0.6 is 0 Å². The number of para-hydroxylation sites is 2. The van der Waals surface area contributed by atoms with Gasteiger partial charge < -0.3 is 19.6 Å². The number of nitrogens with zero attached hydrogens (tertiary/aromatic N) is 3. The lowest BCUT2D eigenvalue weighted by molar-refractivity contribution is 0.249. The number of anilines is 1. The number of H-pyrrole nitrogens is 2. The van der Waals surface area contributed by atoms with Crippen LogP contribution in [-0.2, 0) is 6.54 Å². The predicted octanol–water partition coefficient (Wildman–Crippen LogP) is 3.21. The van der Waals surface area contributed by atoms with Crippen LogP contribution in [0.2, 0.25) is 0 Å². The van der Waals surface area contributed by atoms with E-state index in [0.29, 0.717) is 17.6 Å². The highest BCUT2D eigenvalue weighted by Crippen LogP contribution is 2.28. The van der Waals surface area contributed by atoms with E-state index in [1.807, 2.05) is 55.5 Å². The molecule has 2 aromatic carbocycles. The largest absolute Gasteiger partial charge is 0.495 e. The van der Waals surface area contributed by atoms with Gasteiger partial charge in [-0.3, -0.25) is 14.3 Å².